The van der Waals surface area contributed by atoms with Crippen molar-refractivity contribution in [1.82, 2.24) is 0 Å². The highest BCUT2D eigenvalue weighted by atomic mass is 16.5. The molecule has 1 fully saturated rings. The van der Waals surface area contributed by atoms with Crippen LogP contribution in [0.5, 0.6) is 0 Å². The van der Waals surface area contributed by atoms with E-state index in [1.54, 1.807) is 14.0 Å². The summed E-state index contributed by atoms with van der Waals surface area (Å²) in [5.74, 6) is 1.18. The van der Waals surface area contributed by atoms with Crippen molar-refractivity contribution in [2.75, 3.05) is 13.7 Å². The van der Waals surface area contributed by atoms with Gasteiger partial charge in [0.1, 0.15) is 5.78 Å². The Bertz CT molecular complexity index is 120. The van der Waals surface area contributed by atoms with Crippen LogP contribution in [0.15, 0.2) is 0 Å². The molecule has 0 aromatic rings. The first-order valence-corrected chi connectivity index (χ1v) is 3.25. The summed E-state index contributed by atoms with van der Waals surface area (Å²) in [7, 11) is 1.68. The summed E-state index contributed by atoms with van der Waals surface area (Å²) in [4.78, 5) is 10.6. The molecule has 2 heteroatoms. The van der Waals surface area contributed by atoms with Crippen molar-refractivity contribution in [3.8, 4) is 0 Å². The number of carbonyl (C=O) groups excluding carboxylic acids is 1. The molecule has 0 amide bonds. The van der Waals surface area contributed by atoms with E-state index in [1.807, 2.05) is 0 Å². The number of ketones is 1. The van der Waals surface area contributed by atoms with Crippen LogP contribution in [-0.2, 0) is 9.53 Å². The molecule has 1 rings (SSSR count). The minimum absolute atomic E-state index is 0.317. The Hall–Kier alpha value is -0.370. The summed E-state index contributed by atoms with van der Waals surface area (Å²) >= 11 is 0. The first-order chi connectivity index (χ1) is 4.25. The van der Waals surface area contributed by atoms with Crippen LogP contribution >= 0.6 is 0 Å². The van der Waals surface area contributed by atoms with Crippen molar-refractivity contribution in [3.05, 3.63) is 0 Å². The van der Waals surface area contributed by atoms with Gasteiger partial charge in [0.2, 0.25) is 0 Å². The molecular weight excluding hydrogens is 116 g/mol. The summed E-state index contributed by atoms with van der Waals surface area (Å²) in [6, 6.07) is 0. The van der Waals surface area contributed by atoms with E-state index in [-0.39, 0.29) is 0 Å². The summed E-state index contributed by atoms with van der Waals surface area (Å²) in [6.45, 7) is 2.41. The number of rotatable bonds is 3. The van der Waals surface area contributed by atoms with E-state index in [9.17, 15) is 4.79 Å². The van der Waals surface area contributed by atoms with Gasteiger partial charge in [-0.1, -0.05) is 0 Å². The van der Waals surface area contributed by atoms with E-state index in [1.165, 1.54) is 0 Å². The molecule has 0 aromatic heterocycles. The Balaban J connectivity index is 2.17. The number of methoxy groups -OCH3 is 1. The maximum atomic E-state index is 10.6. The van der Waals surface area contributed by atoms with Gasteiger partial charge in [0.05, 0.1) is 0 Å². The second kappa shape index (κ2) is 2.48. The van der Waals surface area contributed by atoms with Crippen LogP contribution < -0.4 is 0 Å². The second-order valence-corrected chi connectivity index (χ2v) is 2.67. The zero-order valence-corrected chi connectivity index (χ0v) is 5.89. The molecule has 0 saturated heterocycles. The molecule has 0 heterocycles. The van der Waals surface area contributed by atoms with Crippen LogP contribution in [0.4, 0.5) is 0 Å². The van der Waals surface area contributed by atoms with Crippen molar-refractivity contribution >= 4 is 5.78 Å². The molecule has 1 aliphatic carbocycles. The van der Waals surface area contributed by atoms with E-state index < -0.39 is 0 Å². The summed E-state index contributed by atoms with van der Waals surface area (Å²) in [6.07, 6.45) is 1.04. The maximum absolute atomic E-state index is 10.6. The monoisotopic (exact) mass is 128 g/mol. The molecule has 0 spiro atoms. The molecule has 0 aliphatic heterocycles. The third-order valence-electron chi connectivity index (χ3n) is 1.83. The van der Waals surface area contributed by atoms with Crippen molar-refractivity contribution in [3.63, 3.8) is 0 Å². The fraction of sp³-hybridized carbons (Fsp3) is 0.857. The minimum atomic E-state index is 0.317. The average molecular weight is 128 g/mol. The van der Waals surface area contributed by atoms with Gasteiger partial charge in [-0.2, -0.15) is 0 Å². The third-order valence-corrected chi connectivity index (χ3v) is 1.83. The first kappa shape index (κ1) is 6.75. The van der Waals surface area contributed by atoms with Gasteiger partial charge in [0.15, 0.2) is 0 Å². The largest absolute Gasteiger partial charge is 0.384 e. The molecule has 1 saturated carbocycles. The molecule has 52 valence electrons. The lowest BCUT2D eigenvalue weighted by Gasteiger charge is -1.92. The van der Waals surface area contributed by atoms with Gasteiger partial charge in [0, 0.05) is 19.6 Å². The fourth-order valence-electron chi connectivity index (χ4n) is 1.14. The van der Waals surface area contributed by atoms with E-state index >= 15 is 0 Å². The van der Waals surface area contributed by atoms with E-state index in [0.717, 1.165) is 13.0 Å². The molecule has 0 N–H and O–H groups in total. The lowest BCUT2D eigenvalue weighted by Crippen LogP contribution is -1.99. The molecule has 0 unspecified atom stereocenters. The van der Waals surface area contributed by atoms with Gasteiger partial charge in [-0.25, -0.2) is 0 Å². The van der Waals surface area contributed by atoms with Gasteiger partial charge in [-0.05, 0) is 19.3 Å². The van der Waals surface area contributed by atoms with Gasteiger partial charge in [-0.3, -0.25) is 4.79 Å². The predicted octanol–water partition coefficient (Wildman–Crippen LogP) is 0.858. The van der Waals surface area contributed by atoms with Gasteiger partial charge < -0.3 is 4.74 Å². The Morgan fingerprint density at radius 1 is 1.78 bits per heavy atom. The van der Waals surface area contributed by atoms with Crippen LogP contribution in [-0.4, -0.2) is 19.5 Å². The van der Waals surface area contributed by atoms with Gasteiger partial charge in [0.25, 0.3) is 0 Å². The van der Waals surface area contributed by atoms with E-state index in [2.05, 4.69) is 0 Å². The van der Waals surface area contributed by atoms with E-state index in [4.69, 9.17) is 4.74 Å². The number of carbonyl (C=O) groups is 1. The number of ether oxygens (including phenoxy) is 1. The predicted molar refractivity (Wildman–Crippen MR) is 34.2 cm³/mol. The summed E-state index contributed by atoms with van der Waals surface area (Å²) < 4.78 is 4.89. The molecule has 0 aromatic carbocycles. The topological polar surface area (TPSA) is 26.3 Å². The molecule has 1 aliphatic rings. The minimum Gasteiger partial charge on any atom is -0.384 e. The van der Waals surface area contributed by atoms with Crippen LogP contribution in [0.2, 0.25) is 0 Å². The van der Waals surface area contributed by atoms with Gasteiger partial charge >= 0.3 is 0 Å². The lowest BCUT2D eigenvalue weighted by molar-refractivity contribution is -0.118. The summed E-state index contributed by atoms with van der Waals surface area (Å²) in [5.41, 5.74) is 0. The number of hydrogen-bond donors (Lipinski definition) is 0. The van der Waals surface area contributed by atoms with Crippen molar-refractivity contribution in [1.29, 1.82) is 0 Å². The van der Waals surface area contributed by atoms with Crippen molar-refractivity contribution in [2.24, 2.45) is 11.8 Å². The third kappa shape index (κ3) is 1.52. The standard InChI is InChI=1S/C7H12O2/c1-5(8)7-3-6(7)4-9-2/h6-7H,3-4H2,1-2H3/t6-,7-/m0/s1. The Kier molecular flexibility index (Phi) is 1.86. The van der Waals surface area contributed by atoms with Crippen LogP contribution in [0.3, 0.4) is 0 Å². The maximum Gasteiger partial charge on any atom is 0.133 e. The highest BCUT2D eigenvalue weighted by molar-refractivity contribution is 5.81. The Labute approximate surface area is 55.2 Å². The molecule has 9 heavy (non-hydrogen) atoms. The summed E-state index contributed by atoms with van der Waals surface area (Å²) in [5, 5.41) is 0. The molecule has 2 nitrogen and oxygen atoms in total. The smallest absolute Gasteiger partial charge is 0.133 e. The average Bonchev–Trinajstić information content (AvgIpc) is 2.47. The molecule has 0 radical (unpaired) electrons. The lowest BCUT2D eigenvalue weighted by atomic mass is 10.2. The van der Waals surface area contributed by atoms with Crippen LogP contribution in [0, 0.1) is 11.8 Å². The Morgan fingerprint density at radius 2 is 2.44 bits per heavy atom. The molecule has 2 atom stereocenters. The number of Topliss-reactive ketones (excluding diaryl/α,β-unsaturated/α-hetero) is 1. The highest BCUT2D eigenvalue weighted by Gasteiger charge is 2.40. The second-order valence-electron chi connectivity index (χ2n) is 2.67. The van der Waals surface area contributed by atoms with E-state index in [0.29, 0.717) is 17.6 Å². The zero-order valence-electron chi connectivity index (χ0n) is 5.89. The van der Waals surface area contributed by atoms with Crippen LogP contribution in [0.25, 0.3) is 0 Å². The first-order valence-electron chi connectivity index (χ1n) is 3.25. The zero-order chi connectivity index (χ0) is 6.85. The Morgan fingerprint density at radius 3 is 2.78 bits per heavy atom. The quantitative estimate of drug-likeness (QED) is 0.563. The molecular formula is C7H12O2. The normalized spacial score (nSPS) is 32.2. The van der Waals surface area contributed by atoms with Gasteiger partial charge in [-0.15, -0.1) is 0 Å². The molecule has 0 bridgehead atoms. The van der Waals surface area contributed by atoms with Crippen LogP contribution in [0.1, 0.15) is 13.3 Å². The SMILES string of the molecule is COC[C@@H]1C[C@H]1C(C)=O. The number of hydrogen-bond acceptors (Lipinski definition) is 2. The van der Waals surface area contributed by atoms with Crippen molar-refractivity contribution < 1.29 is 9.53 Å². The fourth-order valence-corrected chi connectivity index (χ4v) is 1.14. The highest BCUT2D eigenvalue weighted by Crippen LogP contribution is 2.38. The van der Waals surface area contributed by atoms with Crippen molar-refractivity contribution in [2.45, 2.75) is 13.3 Å².